The van der Waals surface area contributed by atoms with Crippen LogP contribution in [0.1, 0.15) is 35.2 Å². The molecule has 1 unspecified atom stereocenters. The molecule has 3 aromatic carbocycles. The van der Waals surface area contributed by atoms with E-state index in [1.54, 1.807) is 34.1 Å². The number of urea groups is 1. The number of aromatic nitrogens is 2. The Bertz CT molecular complexity index is 1770. The molecule has 1 atom stereocenters. The van der Waals surface area contributed by atoms with Gasteiger partial charge in [-0.25, -0.2) is 19.1 Å². The van der Waals surface area contributed by atoms with E-state index in [0.29, 0.717) is 23.7 Å². The summed E-state index contributed by atoms with van der Waals surface area (Å²) in [4.78, 5) is 56.6. The van der Waals surface area contributed by atoms with Gasteiger partial charge in [0.1, 0.15) is 12.6 Å². The average Bonchev–Trinajstić information content (AvgIpc) is 3.09. The lowest BCUT2D eigenvalue weighted by Crippen LogP contribution is -2.58. The Kier molecular flexibility index (Phi) is 8.72. The predicted octanol–water partition coefficient (Wildman–Crippen LogP) is 4.33. The second kappa shape index (κ2) is 13.2. The maximum absolute atomic E-state index is 15.6. The lowest BCUT2D eigenvalue weighted by atomic mass is 10.0. The molecule has 2 aliphatic rings. The molecule has 0 spiro atoms. The maximum atomic E-state index is 15.6. The third-order valence-corrected chi connectivity index (χ3v) is 8.14. The van der Waals surface area contributed by atoms with E-state index in [2.05, 4.69) is 10.2 Å². The molecule has 0 bridgehead atoms. The van der Waals surface area contributed by atoms with Crippen LogP contribution in [0, 0.1) is 5.82 Å². The summed E-state index contributed by atoms with van der Waals surface area (Å²) >= 11 is 0. The van der Waals surface area contributed by atoms with E-state index in [9.17, 15) is 19.2 Å². The fourth-order valence-corrected chi connectivity index (χ4v) is 5.71. The number of amides is 3. The number of halogens is 1. The predicted molar refractivity (Wildman–Crippen MR) is 162 cm³/mol. The van der Waals surface area contributed by atoms with Gasteiger partial charge < -0.3 is 24.2 Å². The van der Waals surface area contributed by atoms with Crippen LogP contribution in [0.2, 0.25) is 0 Å². The first-order valence-electron chi connectivity index (χ1n) is 14.9. The molecule has 2 aliphatic heterocycles. The third-order valence-electron chi connectivity index (χ3n) is 8.14. The molecule has 3 amide bonds. The van der Waals surface area contributed by atoms with Gasteiger partial charge in [-0.05, 0) is 49.1 Å². The van der Waals surface area contributed by atoms with E-state index in [1.165, 1.54) is 23.1 Å². The summed E-state index contributed by atoms with van der Waals surface area (Å²) in [6, 6.07) is 19.3. The molecule has 12 heteroatoms. The second-order valence-corrected chi connectivity index (χ2v) is 11.0. The molecule has 232 valence electrons. The highest BCUT2D eigenvalue weighted by molar-refractivity contribution is 5.95. The minimum Gasteiger partial charge on any atom is -0.459 e. The molecule has 3 heterocycles. The molecule has 6 rings (SSSR count). The number of piperidine rings is 1. The van der Waals surface area contributed by atoms with Crippen LogP contribution in [0.5, 0.6) is 11.6 Å². The fraction of sp³-hybridized carbons (Fsp3) is 0.303. The summed E-state index contributed by atoms with van der Waals surface area (Å²) in [7, 11) is 0. The summed E-state index contributed by atoms with van der Waals surface area (Å²) in [6.45, 7) is 1.44. The number of aromatic amines is 1. The number of esters is 1. The van der Waals surface area contributed by atoms with Crippen LogP contribution in [0.3, 0.4) is 0 Å². The van der Waals surface area contributed by atoms with Crippen molar-refractivity contribution in [3.05, 3.63) is 100 Å². The highest BCUT2D eigenvalue weighted by Crippen LogP contribution is 2.30. The quantitative estimate of drug-likeness (QED) is 0.321. The van der Waals surface area contributed by atoms with E-state index < -0.39 is 29.3 Å². The minimum absolute atomic E-state index is 0.000731. The molecule has 0 radical (unpaired) electrons. The number of ether oxygens (including phenoxy) is 2. The molecule has 4 aromatic rings. The molecule has 0 saturated carbocycles. The van der Waals surface area contributed by atoms with E-state index in [0.717, 1.165) is 18.4 Å². The van der Waals surface area contributed by atoms with Gasteiger partial charge in [-0.1, -0.05) is 48.5 Å². The van der Waals surface area contributed by atoms with Crippen LogP contribution < -0.4 is 10.3 Å². The van der Waals surface area contributed by atoms with Crippen LogP contribution in [-0.4, -0.2) is 81.6 Å². The molecule has 2 saturated heterocycles. The number of carbonyl (C=O) groups excluding carboxylic acids is 3. The van der Waals surface area contributed by atoms with Crippen LogP contribution in [-0.2, 0) is 16.1 Å². The zero-order valence-corrected chi connectivity index (χ0v) is 24.5. The number of nitrogens with zero attached hydrogens (tertiary/aromatic N) is 4. The van der Waals surface area contributed by atoms with Crippen LogP contribution in [0.4, 0.5) is 9.18 Å². The van der Waals surface area contributed by atoms with Crippen molar-refractivity contribution in [3.8, 4) is 11.6 Å². The van der Waals surface area contributed by atoms with E-state index in [4.69, 9.17) is 9.47 Å². The maximum Gasteiger partial charge on any atom is 0.329 e. The first kappa shape index (κ1) is 29.8. The Balaban J connectivity index is 1.09. The summed E-state index contributed by atoms with van der Waals surface area (Å²) < 4.78 is 26.9. The van der Waals surface area contributed by atoms with Crippen molar-refractivity contribution in [2.75, 3.05) is 32.7 Å². The topological polar surface area (TPSA) is 125 Å². The number of fused-ring (bicyclic) bond motifs is 1. The Hall–Kier alpha value is -5.26. The van der Waals surface area contributed by atoms with Crippen molar-refractivity contribution in [1.82, 2.24) is 24.9 Å². The Labute approximate surface area is 258 Å². The number of piperazine rings is 1. The van der Waals surface area contributed by atoms with E-state index in [1.807, 2.05) is 30.3 Å². The van der Waals surface area contributed by atoms with Gasteiger partial charge in [0.25, 0.3) is 11.5 Å². The van der Waals surface area contributed by atoms with Crippen LogP contribution in [0.15, 0.2) is 77.6 Å². The van der Waals surface area contributed by atoms with Gasteiger partial charge in [0, 0.05) is 32.7 Å². The number of nitrogens with one attached hydrogen (secondary N) is 1. The van der Waals surface area contributed by atoms with Gasteiger partial charge in [-0.15, -0.1) is 5.10 Å². The number of carbonyl (C=O) groups is 3. The normalized spacial score (nSPS) is 16.8. The van der Waals surface area contributed by atoms with Gasteiger partial charge in [-0.3, -0.25) is 9.59 Å². The molecule has 2 fully saturated rings. The monoisotopic (exact) mass is 613 g/mol. The SMILES string of the molecule is O=C(OCc1ccccc1)C1CCCCN1C(=O)N1CCN(C(=O)c2cccc(Oc3n[nH]c(=O)c4ccccc34)c2F)CC1. The van der Waals surface area contributed by atoms with Crippen molar-refractivity contribution >= 4 is 28.7 Å². The molecule has 45 heavy (non-hydrogen) atoms. The highest BCUT2D eigenvalue weighted by Gasteiger charge is 2.37. The lowest BCUT2D eigenvalue weighted by Gasteiger charge is -2.41. The van der Waals surface area contributed by atoms with Crippen molar-refractivity contribution in [1.29, 1.82) is 0 Å². The first-order chi connectivity index (χ1) is 21.9. The van der Waals surface area contributed by atoms with E-state index in [-0.39, 0.29) is 56.0 Å². The van der Waals surface area contributed by atoms with Crippen LogP contribution >= 0.6 is 0 Å². The van der Waals surface area contributed by atoms with Crippen molar-refractivity contribution in [2.24, 2.45) is 0 Å². The molecular formula is C33H32FN5O6. The first-order valence-corrected chi connectivity index (χ1v) is 14.9. The van der Waals surface area contributed by atoms with Crippen molar-refractivity contribution in [3.63, 3.8) is 0 Å². The number of H-pyrrole nitrogens is 1. The van der Waals surface area contributed by atoms with Gasteiger partial charge in [0.2, 0.25) is 5.88 Å². The largest absolute Gasteiger partial charge is 0.459 e. The third kappa shape index (κ3) is 6.35. The summed E-state index contributed by atoms with van der Waals surface area (Å²) in [5, 5.41) is 7.00. The summed E-state index contributed by atoms with van der Waals surface area (Å²) in [6.07, 6.45) is 2.13. The zero-order chi connectivity index (χ0) is 31.3. The molecule has 11 nitrogen and oxygen atoms in total. The van der Waals surface area contributed by atoms with Crippen molar-refractivity contribution in [2.45, 2.75) is 31.9 Å². The molecule has 1 N–H and O–H groups in total. The standard InChI is InChI=1S/C33H32FN5O6/c34-28-25(13-8-15-27(28)45-30-24-12-5-4-11-23(24)29(40)35-36-30)31(41)37-17-19-38(20-18-37)33(43)39-16-7-6-14-26(39)32(42)44-21-22-9-2-1-3-10-22/h1-5,8-13,15,26H,6-7,14,16-21H2,(H,35,40). The molecular weight excluding hydrogens is 581 g/mol. The van der Waals surface area contributed by atoms with Gasteiger partial charge in [0.15, 0.2) is 11.6 Å². The summed E-state index contributed by atoms with van der Waals surface area (Å²) in [5.41, 5.74) is 0.285. The fourth-order valence-electron chi connectivity index (χ4n) is 5.71. The van der Waals surface area contributed by atoms with Crippen LogP contribution in [0.25, 0.3) is 10.8 Å². The van der Waals surface area contributed by atoms with Gasteiger partial charge in [-0.2, -0.15) is 0 Å². The highest BCUT2D eigenvalue weighted by atomic mass is 19.1. The smallest absolute Gasteiger partial charge is 0.329 e. The number of benzene rings is 3. The Morgan fingerprint density at radius 1 is 0.844 bits per heavy atom. The lowest BCUT2D eigenvalue weighted by molar-refractivity contribution is -0.151. The second-order valence-electron chi connectivity index (χ2n) is 11.0. The minimum atomic E-state index is -0.858. The van der Waals surface area contributed by atoms with E-state index >= 15 is 4.39 Å². The molecule has 0 aliphatic carbocycles. The number of hydrogen-bond acceptors (Lipinski definition) is 7. The number of hydrogen-bond donors (Lipinski definition) is 1. The average molecular weight is 614 g/mol. The molecule has 1 aromatic heterocycles. The van der Waals surface area contributed by atoms with Gasteiger partial charge in [0.05, 0.1) is 16.3 Å². The van der Waals surface area contributed by atoms with Crippen molar-refractivity contribution < 1.29 is 28.2 Å². The Morgan fingerprint density at radius 2 is 1.56 bits per heavy atom. The number of likely N-dealkylation sites (tertiary alicyclic amines) is 1. The summed E-state index contributed by atoms with van der Waals surface area (Å²) in [5.74, 6) is -2.04. The Morgan fingerprint density at radius 3 is 2.33 bits per heavy atom. The number of rotatable bonds is 6. The van der Waals surface area contributed by atoms with Gasteiger partial charge >= 0.3 is 12.0 Å². The zero-order valence-electron chi connectivity index (χ0n) is 24.5.